The molecule has 18 heavy (non-hydrogen) atoms. The molecule has 0 saturated carbocycles. The number of ether oxygens (including phenoxy) is 1. The fourth-order valence-electron chi connectivity index (χ4n) is 2.08. The smallest absolute Gasteiger partial charge is 0.121 e. The molecular weight excluding hydrogens is 224 g/mol. The highest BCUT2D eigenvalue weighted by Crippen LogP contribution is 2.26. The number of rotatable bonds is 3. The molecule has 0 amide bonds. The number of aryl methyl sites for hydroxylation is 2. The summed E-state index contributed by atoms with van der Waals surface area (Å²) in [6.45, 7) is 4.07. The van der Waals surface area contributed by atoms with Gasteiger partial charge in [0.2, 0.25) is 0 Å². The molecule has 1 aromatic heterocycles. The molecule has 3 heteroatoms. The molecule has 0 aliphatic rings. The van der Waals surface area contributed by atoms with Gasteiger partial charge in [-0.1, -0.05) is 12.1 Å². The molecule has 0 radical (unpaired) electrons. The van der Waals surface area contributed by atoms with Crippen LogP contribution in [0.1, 0.15) is 28.3 Å². The highest BCUT2D eigenvalue weighted by Gasteiger charge is 2.12. The number of hydrogen-bond donors (Lipinski definition) is 1. The van der Waals surface area contributed by atoms with Gasteiger partial charge in [0.15, 0.2) is 0 Å². The van der Waals surface area contributed by atoms with Gasteiger partial charge in [0.05, 0.1) is 13.2 Å². The van der Waals surface area contributed by atoms with Gasteiger partial charge in [0, 0.05) is 12.4 Å². The summed E-state index contributed by atoms with van der Waals surface area (Å²) < 4.78 is 5.26. The number of hydrogen-bond acceptors (Lipinski definition) is 3. The molecule has 1 heterocycles. The zero-order chi connectivity index (χ0) is 13.1. The third kappa shape index (κ3) is 2.36. The van der Waals surface area contributed by atoms with E-state index in [1.807, 2.05) is 38.2 Å². The van der Waals surface area contributed by atoms with Crippen LogP contribution >= 0.6 is 0 Å². The fourth-order valence-corrected chi connectivity index (χ4v) is 2.08. The minimum Gasteiger partial charge on any atom is -0.496 e. The summed E-state index contributed by atoms with van der Waals surface area (Å²) in [5.41, 5.74) is 10.7. The summed E-state index contributed by atoms with van der Waals surface area (Å²) in [5.74, 6) is 0.883. The summed E-state index contributed by atoms with van der Waals surface area (Å²) in [7, 11) is 1.67. The summed E-state index contributed by atoms with van der Waals surface area (Å²) >= 11 is 0. The van der Waals surface area contributed by atoms with Gasteiger partial charge in [-0.05, 0) is 48.2 Å². The lowest BCUT2D eigenvalue weighted by molar-refractivity contribution is 0.411. The van der Waals surface area contributed by atoms with E-state index in [0.717, 1.165) is 28.0 Å². The molecule has 2 N–H and O–H groups in total. The molecule has 2 rings (SSSR count). The zero-order valence-corrected chi connectivity index (χ0v) is 11.0. The van der Waals surface area contributed by atoms with Gasteiger partial charge in [-0.15, -0.1) is 0 Å². The van der Waals surface area contributed by atoms with Crippen molar-refractivity contribution in [1.82, 2.24) is 4.98 Å². The predicted octanol–water partition coefficient (Wildman–Crippen LogP) is 2.76. The van der Waals surface area contributed by atoms with Crippen molar-refractivity contribution in [2.24, 2.45) is 5.73 Å². The number of pyridine rings is 1. The maximum atomic E-state index is 6.30. The lowest BCUT2D eigenvalue weighted by Gasteiger charge is -2.16. The van der Waals surface area contributed by atoms with Crippen molar-refractivity contribution in [3.63, 3.8) is 0 Å². The Morgan fingerprint density at radius 3 is 2.56 bits per heavy atom. The minimum absolute atomic E-state index is 0.150. The molecule has 0 aliphatic heterocycles. The zero-order valence-electron chi connectivity index (χ0n) is 11.0. The molecule has 0 saturated heterocycles. The van der Waals surface area contributed by atoms with Crippen molar-refractivity contribution < 1.29 is 4.74 Å². The normalized spacial score (nSPS) is 12.2. The van der Waals surface area contributed by atoms with E-state index in [-0.39, 0.29) is 6.04 Å². The third-order valence-corrected chi connectivity index (χ3v) is 3.19. The monoisotopic (exact) mass is 242 g/mol. The molecule has 94 valence electrons. The van der Waals surface area contributed by atoms with E-state index in [4.69, 9.17) is 10.5 Å². The lowest BCUT2D eigenvalue weighted by atomic mass is 9.96. The van der Waals surface area contributed by atoms with Crippen LogP contribution in [-0.4, -0.2) is 12.1 Å². The molecule has 0 bridgehead atoms. The van der Waals surface area contributed by atoms with Crippen LogP contribution in [0, 0.1) is 13.8 Å². The van der Waals surface area contributed by atoms with Gasteiger partial charge >= 0.3 is 0 Å². The van der Waals surface area contributed by atoms with E-state index < -0.39 is 0 Å². The average Bonchev–Trinajstić information content (AvgIpc) is 2.38. The van der Waals surface area contributed by atoms with E-state index in [1.54, 1.807) is 13.3 Å². The van der Waals surface area contributed by atoms with Crippen LogP contribution in [-0.2, 0) is 0 Å². The van der Waals surface area contributed by atoms with E-state index in [0.29, 0.717) is 0 Å². The Bertz CT molecular complexity index is 552. The van der Waals surface area contributed by atoms with Crippen molar-refractivity contribution in [2.75, 3.05) is 7.11 Å². The number of benzene rings is 1. The molecule has 3 nitrogen and oxygen atoms in total. The largest absolute Gasteiger partial charge is 0.496 e. The Hall–Kier alpha value is -1.87. The van der Waals surface area contributed by atoms with Gasteiger partial charge in [-0.25, -0.2) is 0 Å². The number of nitrogens with two attached hydrogens (primary N) is 1. The van der Waals surface area contributed by atoms with Crippen molar-refractivity contribution in [3.05, 3.63) is 58.9 Å². The SMILES string of the molecule is COc1ccc(C(N)c2cnccc2C)cc1C. The highest BCUT2D eigenvalue weighted by atomic mass is 16.5. The molecule has 0 fully saturated rings. The Balaban J connectivity index is 2.37. The third-order valence-electron chi connectivity index (χ3n) is 3.19. The van der Waals surface area contributed by atoms with E-state index in [9.17, 15) is 0 Å². The van der Waals surface area contributed by atoms with E-state index >= 15 is 0 Å². The standard InChI is InChI=1S/C15H18N2O/c1-10-6-7-17-9-13(10)15(16)12-4-5-14(18-3)11(2)8-12/h4-9,15H,16H2,1-3H3. The quantitative estimate of drug-likeness (QED) is 0.900. The molecule has 0 spiro atoms. The number of aromatic nitrogens is 1. The first-order valence-electron chi connectivity index (χ1n) is 5.94. The minimum atomic E-state index is -0.150. The molecule has 1 unspecified atom stereocenters. The van der Waals surface area contributed by atoms with Gasteiger partial charge < -0.3 is 10.5 Å². The van der Waals surface area contributed by atoms with Gasteiger partial charge in [0.1, 0.15) is 5.75 Å². The Kier molecular flexibility index (Phi) is 3.63. The molecular formula is C15H18N2O. The first-order valence-corrected chi connectivity index (χ1v) is 5.94. The van der Waals surface area contributed by atoms with E-state index in [2.05, 4.69) is 11.1 Å². The van der Waals surface area contributed by atoms with Crippen molar-refractivity contribution in [2.45, 2.75) is 19.9 Å². The second-order valence-electron chi connectivity index (χ2n) is 4.44. The van der Waals surface area contributed by atoms with Crippen LogP contribution in [0.2, 0.25) is 0 Å². The summed E-state index contributed by atoms with van der Waals surface area (Å²) in [6.07, 6.45) is 3.62. The van der Waals surface area contributed by atoms with Gasteiger partial charge in [0.25, 0.3) is 0 Å². The molecule has 1 atom stereocenters. The lowest BCUT2D eigenvalue weighted by Crippen LogP contribution is -2.13. The second-order valence-corrected chi connectivity index (χ2v) is 4.44. The fraction of sp³-hybridized carbons (Fsp3) is 0.267. The van der Waals surface area contributed by atoms with E-state index in [1.165, 1.54) is 0 Å². The van der Waals surface area contributed by atoms with Crippen LogP contribution in [0.25, 0.3) is 0 Å². The van der Waals surface area contributed by atoms with Crippen LogP contribution < -0.4 is 10.5 Å². The highest BCUT2D eigenvalue weighted by molar-refractivity contribution is 5.41. The van der Waals surface area contributed by atoms with Crippen molar-refractivity contribution in [3.8, 4) is 5.75 Å². The van der Waals surface area contributed by atoms with Crippen molar-refractivity contribution in [1.29, 1.82) is 0 Å². The summed E-state index contributed by atoms with van der Waals surface area (Å²) in [4.78, 5) is 4.14. The average molecular weight is 242 g/mol. The summed E-state index contributed by atoms with van der Waals surface area (Å²) in [5, 5.41) is 0. The topological polar surface area (TPSA) is 48.1 Å². The number of nitrogens with zero attached hydrogens (tertiary/aromatic N) is 1. The first-order chi connectivity index (χ1) is 8.63. The molecule has 1 aromatic carbocycles. The number of methoxy groups -OCH3 is 1. The Morgan fingerprint density at radius 1 is 1.17 bits per heavy atom. The first kappa shape index (κ1) is 12.6. The maximum absolute atomic E-state index is 6.30. The maximum Gasteiger partial charge on any atom is 0.121 e. The Morgan fingerprint density at radius 2 is 1.94 bits per heavy atom. The van der Waals surface area contributed by atoms with Gasteiger partial charge in [-0.3, -0.25) is 4.98 Å². The van der Waals surface area contributed by atoms with Crippen LogP contribution in [0.3, 0.4) is 0 Å². The van der Waals surface area contributed by atoms with Crippen molar-refractivity contribution >= 4 is 0 Å². The van der Waals surface area contributed by atoms with Crippen LogP contribution in [0.4, 0.5) is 0 Å². The summed E-state index contributed by atoms with van der Waals surface area (Å²) in [6, 6.07) is 7.85. The van der Waals surface area contributed by atoms with Crippen LogP contribution in [0.5, 0.6) is 5.75 Å². The molecule has 0 aliphatic carbocycles. The Labute approximate surface area is 108 Å². The molecule has 2 aromatic rings. The second kappa shape index (κ2) is 5.19. The van der Waals surface area contributed by atoms with Gasteiger partial charge in [-0.2, -0.15) is 0 Å². The van der Waals surface area contributed by atoms with Crippen LogP contribution in [0.15, 0.2) is 36.7 Å². The predicted molar refractivity (Wildman–Crippen MR) is 72.7 cm³/mol.